The number of benzene rings is 3. The van der Waals surface area contributed by atoms with Crippen molar-refractivity contribution < 1.29 is 109 Å². The molecule has 0 amide bonds. The van der Waals surface area contributed by atoms with Crippen LogP contribution in [0.1, 0.15) is 117 Å². The first kappa shape index (κ1) is 70.3. The van der Waals surface area contributed by atoms with E-state index in [0.29, 0.717) is 75.3 Å². The molecule has 2 atom stereocenters. The molecule has 4 saturated heterocycles. The predicted octanol–water partition coefficient (Wildman–Crippen LogP) is 10.0. The summed E-state index contributed by atoms with van der Waals surface area (Å²) in [5, 5.41) is 1.11. The van der Waals surface area contributed by atoms with E-state index in [1.807, 2.05) is 37.3 Å². The molecule has 476 valence electrons. The molecule has 0 spiro atoms. The van der Waals surface area contributed by atoms with Gasteiger partial charge in [0.25, 0.3) is 23.8 Å². The minimum absolute atomic E-state index is 0.00463. The van der Waals surface area contributed by atoms with Crippen molar-refractivity contribution in [2.24, 2.45) is 0 Å². The number of carbonyl (C=O) groups excluding carboxylic acids is 10. The van der Waals surface area contributed by atoms with Crippen LogP contribution in [0.4, 0.5) is 0 Å². The Labute approximate surface area is 519 Å². The summed E-state index contributed by atoms with van der Waals surface area (Å²) in [6.07, 6.45) is 7.56. The van der Waals surface area contributed by atoms with Gasteiger partial charge in [-0.05, 0) is 123 Å². The summed E-state index contributed by atoms with van der Waals surface area (Å²) in [5.74, 6) is 0.376. The molecule has 5 aromatic rings. The van der Waals surface area contributed by atoms with Gasteiger partial charge in [-0.15, -0.1) is 0 Å². The molecule has 0 bridgehead atoms. The van der Waals surface area contributed by atoms with Gasteiger partial charge in [-0.1, -0.05) is 61.2 Å². The summed E-state index contributed by atoms with van der Waals surface area (Å²) < 4.78 is 60.8. The molecule has 8 aliphatic rings. The fourth-order valence-electron chi connectivity index (χ4n) is 7.86. The van der Waals surface area contributed by atoms with Crippen molar-refractivity contribution in [3.8, 4) is 17.1 Å². The van der Waals surface area contributed by atoms with Gasteiger partial charge in [0.2, 0.25) is 0 Å². The monoisotopic (exact) mass is 1250 g/mol. The SMILES string of the molecule is C=C1CCCC(=O)O1.C=C1OC(=O)C(C)O1.C=C1OC(=O)CC(=O)O1.C=C1OC(=O)c2ccccc2O1.CC(=O)/C=C1\OC(=O)C(C)O1.CC1=CCC(=O)O1.CC1=CCCC(=O)O1.Cc1cc(C)oc(=O)c1.O=C1c2ccccc2-c2oc(=O)c3ccccc3c21. The fraction of sp³-hybridized carbons (Fsp3) is 0.242. The molecule has 2 aromatic heterocycles. The third-order valence-corrected chi connectivity index (χ3v) is 11.8. The van der Waals surface area contributed by atoms with Crippen molar-refractivity contribution in [1.82, 2.24) is 0 Å². The Hall–Kier alpha value is -11.5. The zero-order chi connectivity index (χ0) is 67.1. The maximum Gasteiger partial charge on any atom is 0.354 e. The van der Waals surface area contributed by atoms with Gasteiger partial charge in [0.15, 0.2) is 29.5 Å². The molecule has 2 unspecified atom stereocenters. The molecule has 0 saturated carbocycles. The van der Waals surface area contributed by atoms with E-state index in [4.69, 9.17) is 27.8 Å². The molecule has 91 heavy (non-hydrogen) atoms. The summed E-state index contributed by atoms with van der Waals surface area (Å²) in [6.45, 7) is 25.0. The predicted molar refractivity (Wildman–Crippen MR) is 317 cm³/mol. The van der Waals surface area contributed by atoms with Crippen molar-refractivity contribution in [3.05, 3.63) is 219 Å². The number of rotatable bonds is 1. The van der Waals surface area contributed by atoms with E-state index in [2.05, 4.69) is 59.5 Å². The molecule has 7 aliphatic heterocycles. The number of ether oxygens (including phenoxy) is 11. The lowest BCUT2D eigenvalue weighted by Gasteiger charge is -2.16. The molecule has 0 N–H and O–H groups in total. The molecular formula is C66H62O25. The Morgan fingerprint density at radius 2 is 1.10 bits per heavy atom. The highest BCUT2D eigenvalue weighted by molar-refractivity contribution is 6.26. The highest BCUT2D eigenvalue weighted by Gasteiger charge is 2.32. The zero-order valence-corrected chi connectivity index (χ0v) is 50.5. The summed E-state index contributed by atoms with van der Waals surface area (Å²) >= 11 is 0. The Morgan fingerprint density at radius 3 is 1.57 bits per heavy atom. The molecule has 25 nitrogen and oxygen atoms in total. The lowest BCUT2D eigenvalue weighted by atomic mass is 10.0. The minimum Gasteiger partial charge on any atom is -0.450 e. The van der Waals surface area contributed by atoms with E-state index < -0.39 is 41.7 Å². The van der Waals surface area contributed by atoms with Crippen molar-refractivity contribution in [2.45, 2.75) is 106 Å². The van der Waals surface area contributed by atoms with E-state index in [0.717, 1.165) is 42.4 Å². The third-order valence-electron chi connectivity index (χ3n) is 11.8. The number of hydrogen-bond acceptors (Lipinski definition) is 25. The zero-order valence-electron chi connectivity index (χ0n) is 50.5. The Balaban J connectivity index is 0.000000190. The first-order valence-electron chi connectivity index (χ1n) is 27.4. The van der Waals surface area contributed by atoms with E-state index >= 15 is 0 Å². The van der Waals surface area contributed by atoms with E-state index in [1.165, 1.54) is 13.0 Å². The summed E-state index contributed by atoms with van der Waals surface area (Å²) in [7, 11) is 0. The first-order chi connectivity index (χ1) is 43.1. The molecule has 0 radical (unpaired) electrons. The Morgan fingerprint density at radius 1 is 0.527 bits per heavy atom. The average molecular weight is 1260 g/mol. The van der Waals surface area contributed by atoms with E-state index in [9.17, 15) is 57.5 Å². The normalized spacial score (nSPS) is 18.0. The van der Waals surface area contributed by atoms with Crippen molar-refractivity contribution in [2.75, 3.05) is 0 Å². The van der Waals surface area contributed by atoms with Crippen LogP contribution in [0.2, 0.25) is 0 Å². The van der Waals surface area contributed by atoms with Crippen LogP contribution >= 0.6 is 0 Å². The van der Waals surface area contributed by atoms with Crippen LogP contribution < -0.4 is 16.0 Å². The van der Waals surface area contributed by atoms with Crippen LogP contribution in [0.15, 0.2) is 189 Å². The number of allylic oxidation sites excluding steroid dienone is 5. The largest absolute Gasteiger partial charge is 0.450 e. The third kappa shape index (κ3) is 22.6. The summed E-state index contributed by atoms with van der Waals surface area (Å²) in [5.41, 5.74) is 2.50. The van der Waals surface area contributed by atoms with Gasteiger partial charge in [-0.2, -0.15) is 0 Å². The molecule has 1 aliphatic carbocycles. The van der Waals surface area contributed by atoms with E-state index in [1.54, 1.807) is 95.3 Å². The summed E-state index contributed by atoms with van der Waals surface area (Å²) in [6, 6.07) is 24.4. The molecule has 4 fully saturated rings. The quantitative estimate of drug-likeness (QED) is 0.0639. The highest BCUT2D eigenvalue weighted by atomic mass is 16.8. The number of para-hydroxylation sites is 1. The number of esters is 8. The number of cyclic esters (lactones) is 8. The Bertz CT molecular complexity index is 3840. The van der Waals surface area contributed by atoms with Crippen LogP contribution in [0.3, 0.4) is 0 Å². The lowest BCUT2D eigenvalue weighted by molar-refractivity contribution is -0.167. The van der Waals surface area contributed by atoms with Crippen LogP contribution in [0.25, 0.3) is 22.1 Å². The fourth-order valence-corrected chi connectivity index (χ4v) is 7.86. The maximum atomic E-state index is 12.5. The lowest BCUT2D eigenvalue weighted by Crippen LogP contribution is -2.20. The van der Waals surface area contributed by atoms with Crippen LogP contribution in [0, 0.1) is 13.8 Å². The second kappa shape index (κ2) is 33.6. The Kier molecular flexibility index (Phi) is 25.9. The standard InChI is InChI=1S/C16H8O3.C9H6O3.C7H8O4.C7H8O2.2C6H8O2.C5H4O4.C5H6O3.C5H6O2/c17-14-10-6-2-3-7-11(10)15-13(14)9-5-1-4-8-12(9)16(18)19-15;1-6-11-8-5-3-2-4-7(8)9(10)12-6;1-4(8)3-6-10-5(2)7(9)11-6;1-5-3-6(2)9-7(8)4-5;2*1-5-3-2-4-6(7)8-5;1-3-8-4(6)2-5(7)9-3;1-3-5(6)8-4(2)7-3;1-4-2-3-5(6)7-4/h1-8H;2-5H,1H2;3,5H,1-2H3;3-4H,1-2H3;3H,2,4H2,1H3;1-4H2;1-2H2;3H,2H2,1H3;2H,3H2,1H3/b;;6-3-;;;;;;. The first-order valence-corrected chi connectivity index (χ1v) is 27.4. The topological polar surface area (TPSA) is 333 Å². The molecule has 9 heterocycles. The minimum atomic E-state index is -0.615. The van der Waals surface area contributed by atoms with Crippen LogP contribution in [0.5, 0.6) is 5.75 Å². The number of carbonyl (C=O) groups is 10. The van der Waals surface area contributed by atoms with E-state index in [-0.39, 0.29) is 71.3 Å². The number of aryl methyl sites for hydroxylation is 2. The number of ketones is 2. The summed E-state index contributed by atoms with van der Waals surface area (Å²) in [4.78, 5) is 129. The number of fused-ring (bicyclic) bond motifs is 6. The second-order valence-electron chi connectivity index (χ2n) is 19.4. The van der Waals surface area contributed by atoms with Crippen molar-refractivity contribution >= 4 is 70.1 Å². The molecular weight excluding hydrogens is 1190 g/mol. The van der Waals surface area contributed by atoms with Gasteiger partial charge in [-0.3, -0.25) is 33.6 Å². The van der Waals surface area contributed by atoms with Gasteiger partial charge in [-0.25, -0.2) is 24.0 Å². The number of hydrogen-bond donors (Lipinski definition) is 0. The van der Waals surface area contributed by atoms with Crippen molar-refractivity contribution in [1.29, 1.82) is 0 Å². The molecule has 25 heteroatoms. The highest BCUT2D eigenvalue weighted by Crippen LogP contribution is 2.39. The van der Waals surface area contributed by atoms with Crippen LogP contribution in [-0.4, -0.2) is 71.5 Å². The van der Waals surface area contributed by atoms with Gasteiger partial charge < -0.3 is 60.9 Å². The second-order valence-corrected chi connectivity index (χ2v) is 19.4. The van der Waals surface area contributed by atoms with Crippen molar-refractivity contribution in [3.63, 3.8) is 0 Å². The van der Waals surface area contributed by atoms with Gasteiger partial charge in [0.1, 0.15) is 40.8 Å². The molecule has 3 aromatic carbocycles. The molecule has 13 rings (SSSR count). The van der Waals surface area contributed by atoms with Crippen LogP contribution in [-0.2, 0) is 85.7 Å². The maximum absolute atomic E-state index is 12.5. The van der Waals surface area contributed by atoms with Gasteiger partial charge in [0.05, 0.1) is 23.4 Å². The van der Waals surface area contributed by atoms with Gasteiger partial charge >= 0.3 is 59.0 Å². The van der Waals surface area contributed by atoms with Gasteiger partial charge in [0, 0.05) is 41.8 Å². The average Bonchev–Trinajstić information content (AvgIpc) is 1.61. The smallest absolute Gasteiger partial charge is 0.354 e.